The zero-order chi connectivity index (χ0) is 19.3. The molecule has 0 aliphatic heterocycles. The number of halogens is 1. The molecule has 26 heavy (non-hydrogen) atoms. The lowest BCUT2D eigenvalue weighted by Gasteiger charge is -2.24. The first-order valence-electron chi connectivity index (χ1n) is 8.16. The second-order valence-electron chi connectivity index (χ2n) is 6.51. The largest absolute Gasteiger partial charge is 0.476 e. The number of nitrogens with one attached hydrogen (secondary N) is 1. The number of carbonyl (C=O) groups excluding carboxylic acids is 2. The third-order valence-corrected chi connectivity index (χ3v) is 3.67. The number of hydrogen-bond donors (Lipinski definition) is 1. The number of benzene rings is 2. The summed E-state index contributed by atoms with van der Waals surface area (Å²) in [7, 11) is 0. The molecule has 5 nitrogen and oxygen atoms in total. The van der Waals surface area contributed by atoms with Crippen LogP contribution in [0.3, 0.4) is 0 Å². The van der Waals surface area contributed by atoms with Gasteiger partial charge in [0.2, 0.25) is 0 Å². The summed E-state index contributed by atoms with van der Waals surface area (Å²) in [6.07, 6.45) is 0. The Kier molecular flexibility index (Phi) is 5.97. The average Bonchev–Trinajstić information content (AvgIpc) is 2.57. The maximum Gasteiger partial charge on any atom is 0.350 e. The highest BCUT2D eigenvalue weighted by atomic mass is 19.1. The number of hydrogen-bond acceptors (Lipinski definition) is 4. The lowest BCUT2D eigenvalue weighted by Crippen LogP contribution is -2.41. The zero-order valence-electron chi connectivity index (χ0n) is 15.3. The van der Waals surface area contributed by atoms with Gasteiger partial charge in [0, 0.05) is 5.69 Å². The molecule has 0 unspecified atom stereocenters. The number of aryl methyl sites for hydroxylation is 2. The minimum Gasteiger partial charge on any atom is -0.476 e. The molecule has 0 heterocycles. The Morgan fingerprint density at radius 1 is 1.08 bits per heavy atom. The van der Waals surface area contributed by atoms with Crippen LogP contribution in [-0.4, -0.2) is 24.1 Å². The molecule has 0 aliphatic rings. The lowest BCUT2D eigenvalue weighted by atomic mass is 10.1. The Labute approximate surface area is 152 Å². The zero-order valence-corrected chi connectivity index (χ0v) is 15.3. The van der Waals surface area contributed by atoms with E-state index in [1.165, 1.54) is 38.1 Å². The Morgan fingerprint density at radius 2 is 1.73 bits per heavy atom. The predicted octanol–water partition coefficient (Wildman–Crippen LogP) is 3.78. The highest BCUT2D eigenvalue weighted by Crippen LogP contribution is 2.20. The highest BCUT2D eigenvalue weighted by Gasteiger charge is 2.32. The van der Waals surface area contributed by atoms with Gasteiger partial charge in [-0.25, -0.2) is 9.18 Å². The van der Waals surface area contributed by atoms with E-state index in [2.05, 4.69) is 5.32 Å². The first-order chi connectivity index (χ1) is 12.2. The van der Waals surface area contributed by atoms with Gasteiger partial charge in [-0.15, -0.1) is 0 Å². The van der Waals surface area contributed by atoms with E-state index in [1.54, 1.807) is 6.07 Å². The van der Waals surface area contributed by atoms with Crippen LogP contribution in [0.15, 0.2) is 42.5 Å². The summed E-state index contributed by atoms with van der Waals surface area (Å²) in [6.45, 7) is 6.45. The van der Waals surface area contributed by atoms with Crippen LogP contribution in [0, 0.1) is 19.7 Å². The standard InChI is InChI=1S/C20H22FNO4/c1-13-5-10-17(14(2)11-13)22-18(23)12-25-19(24)20(3,4)26-16-8-6-15(21)7-9-16/h5-11H,12H2,1-4H3,(H,22,23). The first-order valence-corrected chi connectivity index (χ1v) is 8.16. The minimum atomic E-state index is -1.32. The van der Waals surface area contributed by atoms with Crippen LogP contribution in [0.25, 0.3) is 0 Å². The van der Waals surface area contributed by atoms with Gasteiger partial charge in [0.15, 0.2) is 12.2 Å². The summed E-state index contributed by atoms with van der Waals surface area (Å²) in [5, 5.41) is 2.70. The molecule has 1 amide bonds. The van der Waals surface area contributed by atoms with E-state index in [1.807, 2.05) is 26.0 Å². The number of ether oxygens (including phenoxy) is 2. The monoisotopic (exact) mass is 359 g/mol. The molecular formula is C20H22FNO4. The molecule has 0 saturated heterocycles. The molecule has 0 radical (unpaired) electrons. The summed E-state index contributed by atoms with van der Waals surface area (Å²) in [5.74, 6) is -1.21. The SMILES string of the molecule is Cc1ccc(NC(=O)COC(=O)C(C)(C)Oc2ccc(F)cc2)c(C)c1. The van der Waals surface area contributed by atoms with Gasteiger partial charge in [-0.2, -0.15) is 0 Å². The van der Waals surface area contributed by atoms with Crippen LogP contribution in [0.2, 0.25) is 0 Å². The summed E-state index contributed by atoms with van der Waals surface area (Å²) >= 11 is 0. The topological polar surface area (TPSA) is 64.6 Å². The van der Waals surface area contributed by atoms with Gasteiger partial charge < -0.3 is 14.8 Å². The van der Waals surface area contributed by atoms with Crippen LogP contribution < -0.4 is 10.1 Å². The van der Waals surface area contributed by atoms with E-state index in [0.29, 0.717) is 11.4 Å². The number of rotatable bonds is 6. The Morgan fingerprint density at radius 3 is 2.35 bits per heavy atom. The fourth-order valence-corrected chi connectivity index (χ4v) is 2.28. The molecule has 1 N–H and O–H groups in total. The molecule has 0 bridgehead atoms. The molecule has 0 aliphatic carbocycles. The Balaban J connectivity index is 1.89. The summed E-state index contributed by atoms with van der Waals surface area (Å²) in [6, 6.07) is 10.9. The molecule has 6 heteroatoms. The van der Waals surface area contributed by atoms with Crippen molar-refractivity contribution in [2.75, 3.05) is 11.9 Å². The molecule has 0 aromatic heterocycles. The Bertz CT molecular complexity index is 800. The molecule has 2 aromatic rings. The normalized spacial score (nSPS) is 11.0. The molecule has 0 saturated carbocycles. The minimum absolute atomic E-state index is 0.327. The van der Waals surface area contributed by atoms with E-state index in [-0.39, 0.29) is 0 Å². The maximum absolute atomic E-state index is 12.9. The van der Waals surface area contributed by atoms with Crippen LogP contribution in [0.1, 0.15) is 25.0 Å². The van der Waals surface area contributed by atoms with E-state index in [9.17, 15) is 14.0 Å². The molecule has 2 rings (SSSR count). The van der Waals surface area contributed by atoms with Crippen molar-refractivity contribution in [3.63, 3.8) is 0 Å². The lowest BCUT2D eigenvalue weighted by molar-refractivity contribution is -0.161. The fourth-order valence-electron chi connectivity index (χ4n) is 2.28. The third kappa shape index (κ3) is 5.31. The molecule has 2 aromatic carbocycles. The molecule has 138 valence electrons. The van der Waals surface area contributed by atoms with E-state index in [4.69, 9.17) is 9.47 Å². The van der Waals surface area contributed by atoms with Crippen molar-refractivity contribution >= 4 is 17.6 Å². The molecule has 0 spiro atoms. The van der Waals surface area contributed by atoms with Crippen molar-refractivity contribution in [3.8, 4) is 5.75 Å². The number of carbonyl (C=O) groups is 2. The van der Waals surface area contributed by atoms with Gasteiger partial charge >= 0.3 is 5.97 Å². The van der Waals surface area contributed by atoms with Crippen LogP contribution in [0.5, 0.6) is 5.75 Å². The van der Waals surface area contributed by atoms with Crippen LogP contribution in [-0.2, 0) is 14.3 Å². The van der Waals surface area contributed by atoms with Gasteiger partial charge in [-0.1, -0.05) is 17.7 Å². The molecule has 0 fully saturated rings. The van der Waals surface area contributed by atoms with E-state index < -0.39 is 29.9 Å². The van der Waals surface area contributed by atoms with Crippen molar-refractivity contribution in [1.29, 1.82) is 0 Å². The van der Waals surface area contributed by atoms with Crippen molar-refractivity contribution < 1.29 is 23.5 Å². The second kappa shape index (κ2) is 7.99. The molecular weight excluding hydrogens is 337 g/mol. The second-order valence-corrected chi connectivity index (χ2v) is 6.51. The third-order valence-electron chi connectivity index (χ3n) is 3.67. The number of amides is 1. The first kappa shape index (κ1) is 19.4. The van der Waals surface area contributed by atoms with Crippen molar-refractivity contribution in [2.45, 2.75) is 33.3 Å². The maximum atomic E-state index is 12.9. The van der Waals surface area contributed by atoms with Crippen LogP contribution >= 0.6 is 0 Å². The van der Waals surface area contributed by atoms with Gasteiger partial charge in [0.25, 0.3) is 5.91 Å². The van der Waals surface area contributed by atoms with Crippen molar-refractivity contribution in [3.05, 3.63) is 59.4 Å². The highest BCUT2D eigenvalue weighted by molar-refractivity contribution is 5.94. The van der Waals surface area contributed by atoms with E-state index >= 15 is 0 Å². The fraction of sp³-hybridized carbons (Fsp3) is 0.300. The van der Waals surface area contributed by atoms with Gasteiger partial charge in [0.1, 0.15) is 11.6 Å². The van der Waals surface area contributed by atoms with Gasteiger partial charge in [-0.05, 0) is 63.6 Å². The molecule has 0 atom stereocenters. The van der Waals surface area contributed by atoms with E-state index in [0.717, 1.165) is 11.1 Å². The number of esters is 1. The quantitative estimate of drug-likeness (QED) is 0.797. The number of anilines is 1. The predicted molar refractivity (Wildman–Crippen MR) is 96.6 cm³/mol. The van der Waals surface area contributed by atoms with Crippen molar-refractivity contribution in [1.82, 2.24) is 0 Å². The Hall–Kier alpha value is -2.89. The summed E-state index contributed by atoms with van der Waals surface area (Å²) in [4.78, 5) is 24.2. The smallest absolute Gasteiger partial charge is 0.350 e. The van der Waals surface area contributed by atoms with Gasteiger partial charge in [0.05, 0.1) is 0 Å². The average molecular weight is 359 g/mol. The van der Waals surface area contributed by atoms with Crippen LogP contribution in [0.4, 0.5) is 10.1 Å². The van der Waals surface area contributed by atoms with Gasteiger partial charge in [-0.3, -0.25) is 4.79 Å². The summed E-state index contributed by atoms with van der Waals surface area (Å²) in [5.41, 5.74) is 1.35. The van der Waals surface area contributed by atoms with Crippen molar-refractivity contribution in [2.24, 2.45) is 0 Å². The summed E-state index contributed by atoms with van der Waals surface area (Å²) < 4.78 is 23.5.